The number of carbonyl (C=O) groups is 2. The first-order valence-corrected chi connectivity index (χ1v) is 8.63. The normalized spacial score (nSPS) is 17.7. The predicted molar refractivity (Wildman–Crippen MR) is 99.4 cm³/mol. The van der Waals surface area contributed by atoms with E-state index in [1.54, 1.807) is 36.7 Å². The summed E-state index contributed by atoms with van der Waals surface area (Å²) in [6.45, 7) is 0. The Balaban J connectivity index is 1.62. The topological polar surface area (TPSA) is 128 Å². The van der Waals surface area contributed by atoms with E-state index in [1.807, 2.05) is 12.1 Å². The highest BCUT2D eigenvalue weighted by molar-refractivity contribution is 5.91. The second kappa shape index (κ2) is 7.07. The molecule has 0 saturated heterocycles. The molecule has 1 aliphatic rings. The number of ether oxygens (including phenoxy) is 1. The number of fused-ring (bicyclic) bond motifs is 1. The van der Waals surface area contributed by atoms with E-state index in [4.69, 9.17) is 10.5 Å². The molecule has 0 fully saturated rings. The van der Waals surface area contributed by atoms with Gasteiger partial charge in [-0.25, -0.2) is 9.89 Å². The van der Waals surface area contributed by atoms with Crippen molar-refractivity contribution in [3.63, 3.8) is 0 Å². The average molecular weight is 376 g/mol. The van der Waals surface area contributed by atoms with Crippen molar-refractivity contribution in [2.24, 2.45) is 5.73 Å². The van der Waals surface area contributed by atoms with Crippen LogP contribution in [0.25, 0.3) is 11.3 Å². The number of H-pyrrole nitrogens is 1. The van der Waals surface area contributed by atoms with Crippen LogP contribution in [-0.2, 0) is 16.0 Å². The summed E-state index contributed by atoms with van der Waals surface area (Å²) in [5, 5.41) is 6.26. The number of amides is 1. The fraction of sp³-hybridized carbons (Fsp3) is 0.150. The van der Waals surface area contributed by atoms with Crippen LogP contribution in [0.5, 0.6) is 0 Å². The Morgan fingerprint density at radius 2 is 1.89 bits per heavy atom. The van der Waals surface area contributed by atoms with E-state index in [1.165, 1.54) is 6.07 Å². The van der Waals surface area contributed by atoms with Gasteiger partial charge in [0.25, 0.3) is 5.56 Å². The van der Waals surface area contributed by atoms with Gasteiger partial charge in [-0.3, -0.25) is 14.6 Å². The highest BCUT2D eigenvalue weighted by atomic mass is 16.5. The number of carbonyl (C=O) groups excluding carboxylic acids is 2. The number of rotatable bonds is 4. The summed E-state index contributed by atoms with van der Waals surface area (Å²) in [6, 6.07) is 12.1. The lowest BCUT2D eigenvalue weighted by Gasteiger charge is -2.18. The predicted octanol–water partition coefficient (Wildman–Crippen LogP) is 1.18. The fourth-order valence-electron chi connectivity index (χ4n) is 3.43. The Morgan fingerprint density at radius 3 is 2.64 bits per heavy atom. The molecule has 8 nitrogen and oxygen atoms in total. The van der Waals surface area contributed by atoms with Gasteiger partial charge < -0.3 is 10.5 Å². The number of aromatic nitrogens is 3. The lowest BCUT2D eigenvalue weighted by molar-refractivity contribution is -0.121. The van der Waals surface area contributed by atoms with E-state index in [-0.39, 0.29) is 5.56 Å². The first-order chi connectivity index (χ1) is 13.5. The van der Waals surface area contributed by atoms with Gasteiger partial charge in [0.2, 0.25) is 5.91 Å². The molecule has 2 unspecified atom stereocenters. The number of nitrogens with one attached hydrogen (secondary N) is 1. The number of nitrogens with two attached hydrogens (primary N) is 1. The quantitative estimate of drug-likeness (QED) is 0.658. The van der Waals surface area contributed by atoms with Crippen LogP contribution >= 0.6 is 0 Å². The molecule has 0 aliphatic heterocycles. The van der Waals surface area contributed by atoms with E-state index in [2.05, 4.69) is 15.2 Å². The first kappa shape index (κ1) is 17.6. The van der Waals surface area contributed by atoms with Crippen LogP contribution in [0, 0.1) is 0 Å². The van der Waals surface area contributed by atoms with Crippen LogP contribution in [0.3, 0.4) is 0 Å². The molecular weight excluding hydrogens is 360 g/mol. The van der Waals surface area contributed by atoms with E-state index in [0.29, 0.717) is 17.7 Å². The second-order valence-electron chi connectivity index (χ2n) is 6.46. The van der Waals surface area contributed by atoms with E-state index in [0.717, 1.165) is 11.1 Å². The number of nitrogens with zero attached hydrogens (tertiary/aromatic N) is 2. The molecule has 0 spiro atoms. The molecule has 140 valence electrons. The first-order valence-electron chi connectivity index (χ1n) is 8.63. The maximum Gasteiger partial charge on any atom is 0.344 e. The van der Waals surface area contributed by atoms with Gasteiger partial charge in [-0.1, -0.05) is 24.3 Å². The summed E-state index contributed by atoms with van der Waals surface area (Å²) in [6.07, 6.45) is 2.75. The molecule has 8 heteroatoms. The van der Waals surface area contributed by atoms with Crippen molar-refractivity contribution < 1.29 is 14.3 Å². The molecule has 0 bridgehead atoms. The van der Waals surface area contributed by atoms with Gasteiger partial charge in [0, 0.05) is 24.4 Å². The molecule has 28 heavy (non-hydrogen) atoms. The Morgan fingerprint density at radius 1 is 1.14 bits per heavy atom. The summed E-state index contributed by atoms with van der Waals surface area (Å²) in [5.41, 5.74) is 7.39. The van der Waals surface area contributed by atoms with Crippen LogP contribution in [0.4, 0.5) is 0 Å². The number of hydrogen-bond donors (Lipinski definition) is 2. The molecule has 1 aromatic carbocycles. The summed E-state index contributed by atoms with van der Waals surface area (Å²) in [5.74, 6) is -2.16. The van der Waals surface area contributed by atoms with Crippen LogP contribution in [0.1, 0.15) is 27.4 Å². The molecule has 4 rings (SSSR count). The molecule has 2 aromatic heterocycles. The van der Waals surface area contributed by atoms with E-state index in [9.17, 15) is 14.4 Å². The number of hydrogen-bond acceptors (Lipinski definition) is 6. The van der Waals surface area contributed by atoms with Crippen molar-refractivity contribution in [1.29, 1.82) is 0 Å². The number of primary amides is 1. The molecule has 0 radical (unpaired) electrons. The van der Waals surface area contributed by atoms with Gasteiger partial charge in [0.05, 0.1) is 5.69 Å². The zero-order valence-corrected chi connectivity index (χ0v) is 14.7. The smallest absolute Gasteiger partial charge is 0.344 e. The third-order valence-electron chi connectivity index (χ3n) is 4.75. The van der Waals surface area contributed by atoms with Crippen LogP contribution in [-0.4, -0.2) is 33.2 Å². The van der Waals surface area contributed by atoms with Gasteiger partial charge in [0.1, 0.15) is 17.6 Å². The Kier molecular flexibility index (Phi) is 4.44. The third-order valence-corrected chi connectivity index (χ3v) is 4.75. The SMILES string of the molecule is NC(=O)C1c2ccccc2CC1OC(=O)c1cc(-c2ccncc2)n[nH]c1=O. The maximum atomic E-state index is 12.7. The number of aromatic amines is 1. The van der Waals surface area contributed by atoms with Gasteiger partial charge in [-0.2, -0.15) is 5.10 Å². The maximum absolute atomic E-state index is 12.7. The summed E-state index contributed by atoms with van der Waals surface area (Å²) < 4.78 is 5.53. The Labute approximate surface area is 159 Å². The molecule has 3 N–H and O–H groups in total. The molecule has 2 heterocycles. The van der Waals surface area contributed by atoms with Gasteiger partial charge in [-0.15, -0.1) is 0 Å². The minimum absolute atomic E-state index is 0.194. The van der Waals surface area contributed by atoms with Crippen molar-refractivity contribution in [1.82, 2.24) is 15.2 Å². The number of pyridine rings is 1. The van der Waals surface area contributed by atoms with Crippen LogP contribution in [0.15, 0.2) is 59.7 Å². The highest BCUT2D eigenvalue weighted by Crippen LogP contribution is 2.35. The monoisotopic (exact) mass is 376 g/mol. The van der Waals surface area contributed by atoms with Crippen molar-refractivity contribution in [3.8, 4) is 11.3 Å². The molecule has 2 atom stereocenters. The summed E-state index contributed by atoms with van der Waals surface area (Å²) >= 11 is 0. The third kappa shape index (κ3) is 3.16. The summed E-state index contributed by atoms with van der Waals surface area (Å²) in [7, 11) is 0. The molecule has 1 amide bonds. The van der Waals surface area contributed by atoms with Crippen molar-refractivity contribution in [2.75, 3.05) is 0 Å². The molecule has 0 saturated carbocycles. The van der Waals surface area contributed by atoms with Gasteiger partial charge in [0.15, 0.2) is 0 Å². The zero-order chi connectivity index (χ0) is 19.7. The molecule has 3 aromatic rings. The number of benzene rings is 1. The number of esters is 1. The zero-order valence-electron chi connectivity index (χ0n) is 14.7. The lowest BCUT2D eigenvalue weighted by atomic mass is 9.99. The minimum atomic E-state index is -0.831. The fourth-order valence-corrected chi connectivity index (χ4v) is 3.43. The summed E-state index contributed by atoms with van der Waals surface area (Å²) in [4.78, 5) is 40.7. The Hall–Kier alpha value is -3.81. The Bertz CT molecular complexity index is 1110. The second-order valence-corrected chi connectivity index (χ2v) is 6.46. The van der Waals surface area contributed by atoms with E-state index < -0.39 is 29.5 Å². The minimum Gasteiger partial charge on any atom is -0.457 e. The lowest BCUT2D eigenvalue weighted by Crippen LogP contribution is -2.33. The molecule has 1 aliphatic carbocycles. The highest BCUT2D eigenvalue weighted by Gasteiger charge is 2.39. The standard InChI is InChI=1S/C20H16N4O4/c21-18(25)17-13-4-2-1-3-12(13)9-16(17)28-20(27)14-10-15(23-24-19(14)26)11-5-7-22-8-6-11/h1-8,10,16-17H,9H2,(H2,21,25)(H,24,26). The van der Waals surface area contributed by atoms with Gasteiger partial charge >= 0.3 is 5.97 Å². The van der Waals surface area contributed by atoms with Crippen molar-refractivity contribution in [2.45, 2.75) is 18.4 Å². The largest absolute Gasteiger partial charge is 0.457 e. The molecular formula is C20H16N4O4. The van der Waals surface area contributed by atoms with E-state index >= 15 is 0 Å². The van der Waals surface area contributed by atoms with Crippen LogP contribution in [0.2, 0.25) is 0 Å². The van der Waals surface area contributed by atoms with Gasteiger partial charge in [-0.05, 0) is 29.3 Å². The van der Waals surface area contributed by atoms with Crippen LogP contribution < -0.4 is 11.3 Å². The van der Waals surface area contributed by atoms with Crippen molar-refractivity contribution >= 4 is 11.9 Å². The average Bonchev–Trinajstić information content (AvgIpc) is 3.07. The van der Waals surface area contributed by atoms with Crippen molar-refractivity contribution in [3.05, 3.63) is 81.9 Å².